The first-order valence-corrected chi connectivity index (χ1v) is 8.94. The summed E-state index contributed by atoms with van der Waals surface area (Å²) >= 11 is 1.66. The molecule has 24 heavy (non-hydrogen) atoms. The second-order valence-electron chi connectivity index (χ2n) is 5.19. The maximum Gasteiger partial charge on any atom is 0.223 e. The van der Waals surface area contributed by atoms with Crippen molar-refractivity contribution < 1.29 is 4.74 Å². The van der Waals surface area contributed by atoms with Crippen LogP contribution in [0.15, 0.2) is 47.5 Å². The zero-order chi connectivity index (χ0) is 16.6. The van der Waals surface area contributed by atoms with Gasteiger partial charge in [-0.2, -0.15) is 11.3 Å². The quantitative estimate of drug-likeness (QED) is 0.625. The molecule has 3 rings (SSSR count). The highest BCUT2D eigenvalue weighted by atomic mass is 32.1. The maximum atomic E-state index is 5.34. The van der Waals surface area contributed by atoms with Gasteiger partial charge in [0.05, 0.1) is 5.69 Å². The molecule has 0 fully saturated rings. The topological polar surface area (TPSA) is 59.9 Å². The van der Waals surface area contributed by atoms with E-state index in [1.165, 1.54) is 0 Å². The fourth-order valence-electron chi connectivity index (χ4n) is 2.34. The van der Waals surface area contributed by atoms with Crippen molar-refractivity contribution in [2.24, 2.45) is 0 Å². The van der Waals surface area contributed by atoms with E-state index in [2.05, 4.69) is 32.1 Å². The third-order valence-electron chi connectivity index (χ3n) is 3.51. The normalized spacial score (nSPS) is 10.7. The summed E-state index contributed by atoms with van der Waals surface area (Å²) in [4.78, 5) is 13.4. The number of aromatic nitrogens is 3. The van der Waals surface area contributed by atoms with Crippen molar-refractivity contribution in [1.29, 1.82) is 0 Å². The van der Waals surface area contributed by atoms with Crippen LogP contribution in [0.3, 0.4) is 0 Å². The van der Waals surface area contributed by atoms with Gasteiger partial charge in [-0.1, -0.05) is 0 Å². The first kappa shape index (κ1) is 16.5. The Morgan fingerprint density at radius 3 is 2.92 bits per heavy atom. The molecule has 5 nitrogen and oxygen atoms in total. The zero-order valence-corrected chi connectivity index (χ0v) is 14.4. The number of hydrogen-bond acceptors (Lipinski definition) is 6. The van der Waals surface area contributed by atoms with Gasteiger partial charge in [0, 0.05) is 49.5 Å². The highest BCUT2D eigenvalue weighted by molar-refractivity contribution is 7.08. The van der Waals surface area contributed by atoms with Gasteiger partial charge in [0.2, 0.25) is 5.95 Å². The van der Waals surface area contributed by atoms with Crippen LogP contribution in [0.1, 0.15) is 13.3 Å². The summed E-state index contributed by atoms with van der Waals surface area (Å²) < 4.78 is 5.34. The summed E-state index contributed by atoms with van der Waals surface area (Å²) in [6.45, 7) is 4.27. The number of thiophene rings is 1. The lowest BCUT2D eigenvalue weighted by molar-refractivity contribution is 0.147. The van der Waals surface area contributed by atoms with E-state index in [0.717, 1.165) is 48.6 Å². The van der Waals surface area contributed by atoms with Crippen LogP contribution >= 0.6 is 11.3 Å². The van der Waals surface area contributed by atoms with Gasteiger partial charge in [-0.3, -0.25) is 4.98 Å². The minimum atomic E-state index is 0.629. The molecular formula is C18H20N4OS. The fraction of sp³-hybridized carbons (Fsp3) is 0.278. The van der Waals surface area contributed by atoms with E-state index in [0.29, 0.717) is 5.95 Å². The molecule has 0 aliphatic rings. The van der Waals surface area contributed by atoms with Crippen molar-refractivity contribution in [3.63, 3.8) is 0 Å². The van der Waals surface area contributed by atoms with Crippen molar-refractivity contribution in [1.82, 2.24) is 15.0 Å². The number of hydrogen-bond donors (Lipinski definition) is 1. The SMILES string of the molecule is CCOCCCNc1ncc(-c2ccsc2)c(-c2cccnc2)n1. The average molecular weight is 340 g/mol. The van der Waals surface area contributed by atoms with Gasteiger partial charge in [0.15, 0.2) is 0 Å². The summed E-state index contributed by atoms with van der Waals surface area (Å²) in [6, 6.07) is 6.02. The second kappa shape index (κ2) is 8.52. The lowest BCUT2D eigenvalue weighted by Gasteiger charge is -2.10. The molecule has 3 aromatic rings. The predicted octanol–water partition coefficient (Wildman–Crippen LogP) is 4.11. The number of pyridine rings is 1. The van der Waals surface area contributed by atoms with Crippen LogP contribution < -0.4 is 5.32 Å². The molecule has 0 unspecified atom stereocenters. The maximum absolute atomic E-state index is 5.34. The molecule has 0 aliphatic heterocycles. The van der Waals surface area contributed by atoms with Gasteiger partial charge in [-0.05, 0) is 47.9 Å². The van der Waals surface area contributed by atoms with Crippen molar-refractivity contribution >= 4 is 17.3 Å². The van der Waals surface area contributed by atoms with Crippen molar-refractivity contribution in [3.05, 3.63) is 47.5 Å². The number of ether oxygens (including phenoxy) is 1. The average Bonchev–Trinajstić information content (AvgIpc) is 3.17. The van der Waals surface area contributed by atoms with Gasteiger partial charge in [0.1, 0.15) is 0 Å². The summed E-state index contributed by atoms with van der Waals surface area (Å²) in [6.07, 6.45) is 6.40. The van der Waals surface area contributed by atoms with E-state index in [1.807, 2.05) is 31.5 Å². The van der Waals surface area contributed by atoms with Crippen LogP contribution in [0.25, 0.3) is 22.4 Å². The van der Waals surface area contributed by atoms with Crippen molar-refractivity contribution in [3.8, 4) is 22.4 Å². The van der Waals surface area contributed by atoms with Gasteiger partial charge >= 0.3 is 0 Å². The molecule has 0 spiro atoms. The summed E-state index contributed by atoms with van der Waals surface area (Å²) in [7, 11) is 0. The number of anilines is 1. The molecule has 0 radical (unpaired) electrons. The Hall–Kier alpha value is -2.31. The van der Waals surface area contributed by atoms with Gasteiger partial charge in [0.25, 0.3) is 0 Å². The second-order valence-corrected chi connectivity index (χ2v) is 5.97. The Labute approximate surface area is 145 Å². The van der Waals surface area contributed by atoms with Crippen LogP contribution in [0.5, 0.6) is 0 Å². The Kier molecular flexibility index (Phi) is 5.87. The monoisotopic (exact) mass is 340 g/mol. The molecule has 1 N–H and O–H groups in total. The van der Waals surface area contributed by atoms with E-state index in [4.69, 9.17) is 9.72 Å². The van der Waals surface area contributed by atoms with Crippen molar-refractivity contribution in [2.45, 2.75) is 13.3 Å². The molecule has 124 valence electrons. The van der Waals surface area contributed by atoms with Gasteiger partial charge < -0.3 is 10.1 Å². The fourth-order valence-corrected chi connectivity index (χ4v) is 2.99. The first-order valence-electron chi connectivity index (χ1n) is 8.00. The minimum Gasteiger partial charge on any atom is -0.382 e. The largest absolute Gasteiger partial charge is 0.382 e. The molecule has 0 saturated heterocycles. The Bertz CT molecular complexity index is 747. The first-order chi connectivity index (χ1) is 11.9. The predicted molar refractivity (Wildman–Crippen MR) is 98.2 cm³/mol. The summed E-state index contributed by atoms with van der Waals surface area (Å²) in [5, 5.41) is 7.43. The molecular weight excluding hydrogens is 320 g/mol. The number of rotatable bonds is 8. The molecule has 6 heteroatoms. The molecule has 3 aromatic heterocycles. The highest BCUT2D eigenvalue weighted by Crippen LogP contribution is 2.31. The molecule has 0 saturated carbocycles. The van der Waals surface area contributed by atoms with Crippen LogP contribution in [-0.4, -0.2) is 34.7 Å². The number of nitrogens with one attached hydrogen (secondary N) is 1. The highest BCUT2D eigenvalue weighted by Gasteiger charge is 2.12. The lowest BCUT2D eigenvalue weighted by Crippen LogP contribution is -2.09. The van der Waals surface area contributed by atoms with Gasteiger partial charge in [-0.25, -0.2) is 9.97 Å². The minimum absolute atomic E-state index is 0.629. The van der Waals surface area contributed by atoms with Crippen LogP contribution in [0.2, 0.25) is 0 Å². The zero-order valence-electron chi connectivity index (χ0n) is 13.6. The smallest absolute Gasteiger partial charge is 0.223 e. The Morgan fingerprint density at radius 1 is 1.21 bits per heavy atom. The molecule has 0 bridgehead atoms. The van der Waals surface area contributed by atoms with E-state index < -0.39 is 0 Å². The van der Waals surface area contributed by atoms with E-state index >= 15 is 0 Å². The summed E-state index contributed by atoms with van der Waals surface area (Å²) in [5.74, 6) is 0.629. The third-order valence-corrected chi connectivity index (χ3v) is 4.19. The number of nitrogens with zero attached hydrogens (tertiary/aromatic N) is 3. The Morgan fingerprint density at radius 2 is 2.17 bits per heavy atom. The van der Waals surface area contributed by atoms with Crippen LogP contribution in [-0.2, 0) is 4.74 Å². The molecule has 3 heterocycles. The van der Waals surface area contributed by atoms with E-state index in [9.17, 15) is 0 Å². The van der Waals surface area contributed by atoms with E-state index in [1.54, 1.807) is 17.5 Å². The standard InChI is InChI=1S/C18H20N4OS/c1-2-23-9-4-8-20-18-21-12-16(15-6-10-24-13-15)17(22-18)14-5-3-7-19-11-14/h3,5-7,10-13H,2,4,8-9H2,1H3,(H,20,21,22). The van der Waals surface area contributed by atoms with Crippen LogP contribution in [0.4, 0.5) is 5.95 Å². The van der Waals surface area contributed by atoms with Crippen molar-refractivity contribution in [2.75, 3.05) is 25.1 Å². The van der Waals surface area contributed by atoms with Gasteiger partial charge in [-0.15, -0.1) is 0 Å². The molecule has 0 atom stereocenters. The van der Waals surface area contributed by atoms with E-state index in [-0.39, 0.29) is 0 Å². The van der Waals surface area contributed by atoms with Crippen LogP contribution in [0, 0.1) is 0 Å². The third kappa shape index (κ3) is 4.15. The molecule has 0 aromatic carbocycles. The lowest BCUT2D eigenvalue weighted by atomic mass is 10.0. The summed E-state index contributed by atoms with van der Waals surface area (Å²) in [5.41, 5.74) is 4.02. The Balaban J connectivity index is 1.83. The molecule has 0 aliphatic carbocycles. The molecule has 0 amide bonds.